The van der Waals surface area contributed by atoms with Crippen LogP contribution in [0.4, 0.5) is 28.4 Å². The molecular formula is C28H36N8O2. The van der Waals surface area contributed by atoms with Crippen LogP contribution < -0.4 is 26.0 Å². The first-order valence-corrected chi connectivity index (χ1v) is 13.1. The molecule has 10 nitrogen and oxygen atoms in total. The lowest BCUT2D eigenvalue weighted by Crippen LogP contribution is -2.44. The molecule has 0 unspecified atom stereocenters. The van der Waals surface area contributed by atoms with E-state index < -0.39 is 11.5 Å². The second kappa shape index (κ2) is 11.2. The Labute approximate surface area is 223 Å². The van der Waals surface area contributed by atoms with E-state index in [-0.39, 0.29) is 5.56 Å². The topological polar surface area (TPSA) is 99.8 Å². The molecule has 2 aliphatic rings. The van der Waals surface area contributed by atoms with Crippen LogP contribution in [-0.4, -0.2) is 92.1 Å². The number of amides is 1. The van der Waals surface area contributed by atoms with Crippen molar-refractivity contribution in [2.24, 2.45) is 0 Å². The standard InChI is InChI=1S/C28H36N8O2/c1-20-24(18-29-19-25(20)36-16-12-34(3)13-17-36)32-23-8-9-30-27(37)26(23)28(38)31-21-4-6-22(7-5-21)35-14-10-33(2)11-15-35/h4-9,18-19H,10-17H2,1-3H3,(H,31,38)(H2,30,32,37). The van der Waals surface area contributed by atoms with Crippen LogP contribution in [0.5, 0.6) is 0 Å². The summed E-state index contributed by atoms with van der Waals surface area (Å²) in [5.41, 5.74) is 4.60. The molecule has 0 spiro atoms. The number of carbonyl (C=O) groups is 1. The number of aromatic nitrogens is 2. The molecule has 38 heavy (non-hydrogen) atoms. The monoisotopic (exact) mass is 516 g/mol. The van der Waals surface area contributed by atoms with E-state index in [4.69, 9.17) is 0 Å². The van der Waals surface area contributed by atoms with Crippen LogP contribution in [0, 0.1) is 6.92 Å². The lowest BCUT2D eigenvalue weighted by Gasteiger charge is -2.35. The third-order valence-electron chi connectivity index (χ3n) is 7.48. The summed E-state index contributed by atoms with van der Waals surface area (Å²) >= 11 is 0. The van der Waals surface area contributed by atoms with Crippen LogP contribution in [0.15, 0.2) is 53.7 Å². The van der Waals surface area contributed by atoms with E-state index in [2.05, 4.69) is 54.3 Å². The maximum atomic E-state index is 13.3. The number of hydrogen-bond acceptors (Lipinski definition) is 8. The third kappa shape index (κ3) is 5.66. The number of likely N-dealkylation sites (N-methyl/N-ethyl adjacent to an activating group) is 2. The van der Waals surface area contributed by atoms with Crippen molar-refractivity contribution < 1.29 is 4.79 Å². The van der Waals surface area contributed by atoms with Gasteiger partial charge in [-0.2, -0.15) is 0 Å². The van der Waals surface area contributed by atoms with Crippen molar-refractivity contribution in [1.82, 2.24) is 19.8 Å². The van der Waals surface area contributed by atoms with Gasteiger partial charge in [-0.15, -0.1) is 0 Å². The van der Waals surface area contributed by atoms with E-state index in [1.165, 1.54) is 0 Å². The highest BCUT2D eigenvalue weighted by Crippen LogP contribution is 2.29. The van der Waals surface area contributed by atoms with Gasteiger partial charge in [0.05, 0.1) is 29.5 Å². The van der Waals surface area contributed by atoms with Crippen molar-refractivity contribution in [2.45, 2.75) is 6.92 Å². The van der Waals surface area contributed by atoms with E-state index in [0.29, 0.717) is 11.4 Å². The third-order valence-corrected chi connectivity index (χ3v) is 7.48. The zero-order chi connectivity index (χ0) is 26.6. The molecule has 2 aromatic heterocycles. The lowest BCUT2D eigenvalue weighted by atomic mass is 10.1. The van der Waals surface area contributed by atoms with Crippen molar-refractivity contribution in [3.8, 4) is 0 Å². The van der Waals surface area contributed by atoms with Crippen molar-refractivity contribution in [2.75, 3.05) is 86.9 Å². The molecule has 5 rings (SSSR count). The molecule has 200 valence electrons. The van der Waals surface area contributed by atoms with Gasteiger partial charge in [0.25, 0.3) is 11.5 Å². The molecule has 2 fully saturated rings. The van der Waals surface area contributed by atoms with E-state index in [9.17, 15) is 9.59 Å². The number of H-pyrrole nitrogens is 1. The summed E-state index contributed by atoms with van der Waals surface area (Å²) in [6.45, 7) is 9.87. The van der Waals surface area contributed by atoms with Crippen molar-refractivity contribution in [3.63, 3.8) is 0 Å². The summed E-state index contributed by atoms with van der Waals surface area (Å²) in [6, 6.07) is 9.48. The molecule has 10 heteroatoms. The van der Waals surface area contributed by atoms with Crippen LogP contribution in [0.1, 0.15) is 15.9 Å². The van der Waals surface area contributed by atoms with Gasteiger partial charge in [0.15, 0.2) is 0 Å². The highest BCUT2D eigenvalue weighted by molar-refractivity contribution is 6.08. The number of hydrogen-bond donors (Lipinski definition) is 3. The zero-order valence-corrected chi connectivity index (χ0v) is 22.3. The Kier molecular flexibility index (Phi) is 7.62. The molecule has 0 bridgehead atoms. The predicted molar refractivity (Wildman–Crippen MR) is 153 cm³/mol. The van der Waals surface area contributed by atoms with Crippen molar-refractivity contribution in [3.05, 3.63) is 70.4 Å². The summed E-state index contributed by atoms with van der Waals surface area (Å²) < 4.78 is 0. The number of rotatable bonds is 6. The Morgan fingerprint density at radius 3 is 2.13 bits per heavy atom. The fraction of sp³-hybridized carbons (Fsp3) is 0.393. The molecule has 2 aliphatic heterocycles. The minimum atomic E-state index is -0.470. The van der Waals surface area contributed by atoms with Crippen LogP contribution in [0.2, 0.25) is 0 Å². The molecule has 1 amide bonds. The second-order valence-electron chi connectivity index (χ2n) is 10.1. The SMILES string of the molecule is Cc1c(Nc2cc[nH]c(=O)c2C(=O)Nc2ccc(N3CCN(C)CC3)cc2)cncc1N1CCN(C)CC1. The lowest BCUT2D eigenvalue weighted by molar-refractivity contribution is 0.102. The van der Waals surface area contributed by atoms with Crippen LogP contribution in [-0.2, 0) is 0 Å². The van der Waals surface area contributed by atoms with Gasteiger partial charge >= 0.3 is 0 Å². The molecule has 1 aromatic carbocycles. The highest BCUT2D eigenvalue weighted by Gasteiger charge is 2.21. The molecule has 3 N–H and O–H groups in total. The predicted octanol–water partition coefficient (Wildman–Crippen LogP) is 2.58. The Morgan fingerprint density at radius 1 is 0.842 bits per heavy atom. The summed E-state index contributed by atoms with van der Waals surface area (Å²) in [4.78, 5) is 42.4. The number of nitrogens with zero attached hydrogens (tertiary/aromatic N) is 5. The zero-order valence-electron chi connectivity index (χ0n) is 22.3. The van der Waals surface area contributed by atoms with Crippen LogP contribution >= 0.6 is 0 Å². The number of carbonyl (C=O) groups excluding carboxylic acids is 1. The Morgan fingerprint density at radius 2 is 1.47 bits per heavy atom. The molecule has 4 heterocycles. The Balaban J connectivity index is 1.32. The van der Waals surface area contributed by atoms with Gasteiger partial charge in [-0.1, -0.05) is 0 Å². The second-order valence-corrected chi connectivity index (χ2v) is 10.1. The van der Waals surface area contributed by atoms with Crippen molar-refractivity contribution in [1.29, 1.82) is 0 Å². The molecule has 0 saturated carbocycles. The molecule has 3 aromatic rings. The number of nitrogens with one attached hydrogen (secondary N) is 3. The van der Waals surface area contributed by atoms with E-state index in [1.54, 1.807) is 18.5 Å². The maximum absolute atomic E-state index is 13.3. The van der Waals surface area contributed by atoms with Gasteiger partial charge in [-0.3, -0.25) is 14.6 Å². The number of anilines is 5. The van der Waals surface area contributed by atoms with E-state index in [0.717, 1.165) is 75.0 Å². The smallest absolute Gasteiger partial charge is 0.263 e. The first kappa shape index (κ1) is 25.7. The normalized spacial score (nSPS) is 16.9. The summed E-state index contributed by atoms with van der Waals surface area (Å²) in [5, 5.41) is 6.19. The average molecular weight is 517 g/mol. The summed E-state index contributed by atoms with van der Waals surface area (Å²) in [5.74, 6) is -0.470. The largest absolute Gasteiger partial charge is 0.369 e. The number of aromatic amines is 1. The number of pyridine rings is 2. The fourth-order valence-corrected chi connectivity index (χ4v) is 4.97. The van der Waals surface area contributed by atoms with Gasteiger partial charge in [0, 0.05) is 69.9 Å². The molecule has 0 aliphatic carbocycles. The van der Waals surface area contributed by atoms with E-state index in [1.807, 2.05) is 37.4 Å². The average Bonchev–Trinajstić information content (AvgIpc) is 2.91. The van der Waals surface area contributed by atoms with Crippen LogP contribution in [0.25, 0.3) is 0 Å². The maximum Gasteiger partial charge on any atom is 0.263 e. The van der Waals surface area contributed by atoms with E-state index >= 15 is 0 Å². The van der Waals surface area contributed by atoms with Gasteiger partial charge in [-0.05, 0) is 56.9 Å². The van der Waals surface area contributed by atoms with Gasteiger partial charge < -0.3 is 35.2 Å². The highest BCUT2D eigenvalue weighted by atomic mass is 16.2. The fourth-order valence-electron chi connectivity index (χ4n) is 4.97. The molecule has 0 atom stereocenters. The Bertz CT molecular complexity index is 1320. The molecule has 2 saturated heterocycles. The van der Waals surface area contributed by atoms with Gasteiger partial charge in [-0.25, -0.2) is 0 Å². The minimum absolute atomic E-state index is 0.0278. The van der Waals surface area contributed by atoms with Crippen LogP contribution in [0.3, 0.4) is 0 Å². The quantitative estimate of drug-likeness (QED) is 0.460. The summed E-state index contributed by atoms with van der Waals surface area (Å²) in [6.07, 6.45) is 5.15. The van der Waals surface area contributed by atoms with Gasteiger partial charge in [0.2, 0.25) is 0 Å². The molecular weight excluding hydrogens is 480 g/mol. The first-order chi connectivity index (χ1) is 18.4. The molecule has 0 radical (unpaired) electrons. The first-order valence-electron chi connectivity index (χ1n) is 13.1. The summed E-state index contributed by atoms with van der Waals surface area (Å²) in [7, 11) is 4.26. The number of piperazine rings is 2. The number of benzene rings is 1. The minimum Gasteiger partial charge on any atom is -0.369 e. The van der Waals surface area contributed by atoms with Gasteiger partial charge in [0.1, 0.15) is 5.56 Å². The van der Waals surface area contributed by atoms with Crippen molar-refractivity contribution >= 4 is 34.3 Å². The Hall–Kier alpha value is -3.89.